The van der Waals surface area contributed by atoms with Gasteiger partial charge in [0, 0.05) is 48.6 Å². The van der Waals surface area contributed by atoms with Crippen LogP contribution in [0.25, 0.3) is 0 Å². The van der Waals surface area contributed by atoms with Crippen LogP contribution in [0.1, 0.15) is 50.2 Å². The molecule has 0 amide bonds. The van der Waals surface area contributed by atoms with Crippen LogP contribution in [0.3, 0.4) is 0 Å². The summed E-state index contributed by atoms with van der Waals surface area (Å²) in [4.78, 5) is 2.45. The molecule has 1 N–H and O–H groups in total. The van der Waals surface area contributed by atoms with Gasteiger partial charge in [0.05, 0.1) is 19.3 Å². The number of hydrogen-bond acceptors (Lipinski definition) is 4. The van der Waals surface area contributed by atoms with Gasteiger partial charge in [-0.2, -0.15) is 0 Å². The maximum atomic E-state index is 6.26. The van der Waals surface area contributed by atoms with Gasteiger partial charge in [0.1, 0.15) is 0 Å². The zero-order valence-corrected chi connectivity index (χ0v) is 16.3. The Morgan fingerprint density at radius 3 is 2.58 bits per heavy atom. The molecule has 3 fully saturated rings. The van der Waals surface area contributed by atoms with Crippen LogP contribution in [0.15, 0.2) is 18.2 Å². The molecule has 0 unspecified atom stereocenters. The second-order valence-electron chi connectivity index (χ2n) is 8.18. The molecule has 0 aromatic heterocycles. The number of morpholine rings is 1. The molecule has 1 aromatic carbocycles. The van der Waals surface area contributed by atoms with E-state index in [1.807, 2.05) is 0 Å². The summed E-state index contributed by atoms with van der Waals surface area (Å²) in [5.41, 5.74) is 4.03. The van der Waals surface area contributed by atoms with Crippen molar-refractivity contribution in [1.29, 1.82) is 0 Å². The van der Waals surface area contributed by atoms with E-state index in [-0.39, 0.29) is 12.4 Å². The van der Waals surface area contributed by atoms with Crippen molar-refractivity contribution in [3.05, 3.63) is 23.8 Å². The second kappa shape index (κ2) is 7.95. The van der Waals surface area contributed by atoms with Crippen molar-refractivity contribution in [1.82, 2.24) is 0 Å². The van der Waals surface area contributed by atoms with Crippen molar-refractivity contribution in [2.45, 2.75) is 50.7 Å². The molecule has 3 atom stereocenters. The van der Waals surface area contributed by atoms with Crippen molar-refractivity contribution in [2.24, 2.45) is 11.8 Å². The van der Waals surface area contributed by atoms with Crippen molar-refractivity contribution >= 4 is 23.8 Å². The second-order valence-corrected chi connectivity index (χ2v) is 8.18. The van der Waals surface area contributed by atoms with Crippen LogP contribution < -0.4 is 10.2 Å². The third kappa shape index (κ3) is 3.32. The van der Waals surface area contributed by atoms with Gasteiger partial charge >= 0.3 is 0 Å². The topological polar surface area (TPSA) is 33.7 Å². The summed E-state index contributed by atoms with van der Waals surface area (Å²) in [7, 11) is 0. The summed E-state index contributed by atoms with van der Waals surface area (Å²) in [6.45, 7) is 4.57. The first-order valence-corrected chi connectivity index (χ1v) is 10.2. The zero-order valence-electron chi connectivity index (χ0n) is 15.5. The Balaban J connectivity index is 0.00000168. The molecule has 26 heavy (non-hydrogen) atoms. The summed E-state index contributed by atoms with van der Waals surface area (Å²) in [5, 5.41) is 3.95. The SMILES string of the molecule is Cl.c1cc2c(cc1N1CCOCC1)[C@H]1OCC[C@H]1[C@@H](C1CCCCC1)N2. The molecule has 4 nitrogen and oxygen atoms in total. The average molecular weight is 379 g/mol. The van der Waals surface area contributed by atoms with E-state index in [1.54, 1.807) is 0 Å². The number of benzene rings is 1. The summed E-state index contributed by atoms with van der Waals surface area (Å²) in [6.07, 6.45) is 8.52. The van der Waals surface area contributed by atoms with E-state index in [4.69, 9.17) is 9.47 Å². The lowest BCUT2D eigenvalue weighted by Gasteiger charge is -2.42. The van der Waals surface area contributed by atoms with Gasteiger partial charge in [-0.15, -0.1) is 12.4 Å². The van der Waals surface area contributed by atoms with Crippen LogP contribution in [-0.4, -0.2) is 39.0 Å². The highest BCUT2D eigenvalue weighted by atomic mass is 35.5. The van der Waals surface area contributed by atoms with Crippen LogP contribution in [-0.2, 0) is 9.47 Å². The van der Waals surface area contributed by atoms with Gasteiger partial charge in [-0.25, -0.2) is 0 Å². The first-order chi connectivity index (χ1) is 12.4. The lowest BCUT2D eigenvalue weighted by Crippen LogP contribution is -2.42. The van der Waals surface area contributed by atoms with E-state index in [0.717, 1.165) is 38.8 Å². The number of ether oxygens (including phenoxy) is 2. The van der Waals surface area contributed by atoms with E-state index in [1.165, 1.54) is 55.5 Å². The lowest BCUT2D eigenvalue weighted by atomic mass is 9.73. The van der Waals surface area contributed by atoms with Gasteiger partial charge in [-0.3, -0.25) is 0 Å². The molecule has 0 spiro atoms. The molecule has 1 aromatic rings. The Morgan fingerprint density at radius 1 is 0.962 bits per heavy atom. The summed E-state index contributed by atoms with van der Waals surface area (Å²) in [6, 6.07) is 7.57. The Hall–Kier alpha value is -0.970. The highest BCUT2D eigenvalue weighted by molar-refractivity contribution is 5.85. The van der Waals surface area contributed by atoms with Gasteiger partial charge in [0.25, 0.3) is 0 Å². The minimum Gasteiger partial charge on any atom is -0.381 e. The number of halogens is 1. The summed E-state index contributed by atoms with van der Waals surface area (Å²) >= 11 is 0. The number of hydrogen-bond donors (Lipinski definition) is 1. The minimum atomic E-state index is 0. The van der Waals surface area contributed by atoms with Gasteiger partial charge in [0.2, 0.25) is 0 Å². The maximum absolute atomic E-state index is 6.26. The Labute approximate surface area is 163 Å². The van der Waals surface area contributed by atoms with Gasteiger partial charge in [-0.1, -0.05) is 19.3 Å². The van der Waals surface area contributed by atoms with E-state index in [2.05, 4.69) is 28.4 Å². The Kier molecular flexibility index (Phi) is 5.63. The van der Waals surface area contributed by atoms with E-state index < -0.39 is 0 Å². The fourth-order valence-electron chi connectivity index (χ4n) is 5.48. The molecule has 1 aliphatic carbocycles. The van der Waals surface area contributed by atoms with E-state index in [0.29, 0.717) is 18.1 Å². The Bertz CT molecular complexity index is 614. The largest absolute Gasteiger partial charge is 0.381 e. The third-order valence-corrected chi connectivity index (χ3v) is 6.80. The quantitative estimate of drug-likeness (QED) is 0.827. The molecular formula is C21H31ClN2O2. The van der Waals surface area contributed by atoms with Crippen LogP contribution in [0.4, 0.5) is 11.4 Å². The fourth-order valence-corrected chi connectivity index (χ4v) is 5.48. The molecule has 5 rings (SSSR count). The molecule has 144 valence electrons. The average Bonchev–Trinajstić information content (AvgIpc) is 3.18. The third-order valence-electron chi connectivity index (χ3n) is 6.80. The number of fused-ring (bicyclic) bond motifs is 3. The van der Waals surface area contributed by atoms with Gasteiger partial charge < -0.3 is 19.7 Å². The van der Waals surface area contributed by atoms with Crippen molar-refractivity contribution in [3.8, 4) is 0 Å². The Morgan fingerprint density at radius 2 is 1.77 bits per heavy atom. The molecule has 0 radical (unpaired) electrons. The molecule has 3 aliphatic heterocycles. The fraction of sp³-hybridized carbons (Fsp3) is 0.714. The van der Waals surface area contributed by atoms with Gasteiger partial charge in [-0.05, 0) is 43.4 Å². The van der Waals surface area contributed by atoms with Crippen molar-refractivity contribution in [2.75, 3.05) is 43.1 Å². The normalized spacial score (nSPS) is 31.5. The first-order valence-electron chi connectivity index (χ1n) is 10.2. The maximum Gasteiger partial charge on any atom is 0.0894 e. The highest BCUT2D eigenvalue weighted by Crippen LogP contribution is 2.49. The van der Waals surface area contributed by atoms with Crippen LogP contribution in [0.2, 0.25) is 0 Å². The summed E-state index contributed by atoms with van der Waals surface area (Å²) < 4.78 is 11.8. The molecule has 4 aliphatic rings. The molecular weight excluding hydrogens is 348 g/mol. The monoisotopic (exact) mass is 378 g/mol. The zero-order chi connectivity index (χ0) is 16.6. The van der Waals surface area contributed by atoms with Crippen LogP contribution in [0, 0.1) is 11.8 Å². The molecule has 2 saturated heterocycles. The van der Waals surface area contributed by atoms with Gasteiger partial charge in [0.15, 0.2) is 0 Å². The molecule has 1 saturated carbocycles. The number of anilines is 2. The standard InChI is InChI=1S/C21H30N2O2.ClH/c1-2-4-15(5-3-1)20-17-8-11-25-21(17)18-14-16(6-7-19(18)22-20)23-9-12-24-13-10-23;/h6-7,14-15,17,20-22H,1-5,8-13H2;1H/t17-,20+,21-;/m0./s1. The number of nitrogens with zero attached hydrogens (tertiary/aromatic N) is 1. The number of rotatable bonds is 2. The predicted molar refractivity (Wildman–Crippen MR) is 108 cm³/mol. The van der Waals surface area contributed by atoms with E-state index in [9.17, 15) is 0 Å². The first kappa shape index (κ1) is 18.4. The minimum absolute atomic E-state index is 0. The smallest absolute Gasteiger partial charge is 0.0894 e. The number of nitrogens with one attached hydrogen (secondary N) is 1. The highest BCUT2D eigenvalue weighted by Gasteiger charge is 2.44. The van der Waals surface area contributed by atoms with Crippen molar-refractivity contribution < 1.29 is 9.47 Å². The lowest BCUT2D eigenvalue weighted by molar-refractivity contribution is 0.0732. The van der Waals surface area contributed by atoms with Crippen LogP contribution >= 0.6 is 12.4 Å². The summed E-state index contributed by atoms with van der Waals surface area (Å²) in [5.74, 6) is 1.48. The molecule has 0 bridgehead atoms. The molecule has 5 heteroatoms. The molecule has 3 heterocycles. The van der Waals surface area contributed by atoms with Crippen molar-refractivity contribution in [3.63, 3.8) is 0 Å². The van der Waals surface area contributed by atoms with E-state index >= 15 is 0 Å². The van der Waals surface area contributed by atoms with Crippen LogP contribution in [0.5, 0.6) is 0 Å². The predicted octanol–water partition coefficient (Wildman–Crippen LogP) is 4.40.